The van der Waals surface area contributed by atoms with Crippen molar-refractivity contribution in [2.75, 3.05) is 58.9 Å². The molecule has 0 saturated carbocycles. The minimum Gasteiger partial charge on any atom is -0.475 e. The number of nitrogens with one attached hydrogen (secondary N) is 1. The molecule has 2 saturated heterocycles. The molecule has 210 valence electrons. The molecule has 37 heavy (non-hydrogen) atoms. The van der Waals surface area contributed by atoms with E-state index in [0.717, 1.165) is 57.7 Å². The van der Waals surface area contributed by atoms with E-state index in [1.807, 2.05) is 0 Å². The largest absolute Gasteiger partial charge is 0.490 e. The number of carboxylic acid groups (broad SMARTS) is 1. The van der Waals surface area contributed by atoms with Crippen LogP contribution in [0.15, 0.2) is 23.1 Å². The summed E-state index contributed by atoms with van der Waals surface area (Å²) in [5, 5.41) is 10.3. The lowest BCUT2D eigenvalue weighted by Gasteiger charge is -2.29. The lowest BCUT2D eigenvalue weighted by atomic mass is 10.3. The highest BCUT2D eigenvalue weighted by Gasteiger charge is 2.38. The van der Waals surface area contributed by atoms with E-state index in [4.69, 9.17) is 9.90 Å². The fourth-order valence-electron chi connectivity index (χ4n) is 3.91. The number of hydrogen-bond donors (Lipinski definition) is 2. The summed E-state index contributed by atoms with van der Waals surface area (Å²) in [6, 6.07) is 2.59. The highest BCUT2D eigenvalue weighted by Crippen LogP contribution is 2.20. The fourth-order valence-corrected chi connectivity index (χ4v) is 5.40. The molecule has 2 heterocycles. The van der Waals surface area contributed by atoms with Gasteiger partial charge in [-0.1, -0.05) is 0 Å². The van der Waals surface area contributed by atoms with E-state index >= 15 is 0 Å². The molecule has 0 bridgehead atoms. The lowest BCUT2D eigenvalue weighted by molar-refractivity contribution is -0.192. The summed E-state index contributed by atoms with van der Waals surface area (Å²) >= 11 is 0. The number of carboxylic acids is 1. The number of aliphatic carboxylic acids is 1. The van der Waals surface area contributed by atoms with Crippen LogP contribution in [0, 0.1) is 11.6 Å². The zero-order chi connectivity index (χ0) is 27.6. The third-order valence-corrected chi connectivity index (χ3v) is 7.79. The van der Waals surface area contributed by atoms with Crippen LogP contribution in [0.4, 0.5) is 22.0 Å². The average molecular weight is 559 g/mol. The molecule has 3 rings (SSSR count). The number of hydrogen-bond acceptors (Lipinski definition) is 6. The van der Waals surface area contributed by atoms with E-state index in [1.165, 1.54) is 4.31 Å². The van der Waals surface area contributed by atoms with Crippen LogP contribution in [0.3, 0.4) is 0 Å². The molecule has 1 aromatic carbocycles. The zero-order valence-corrected chi connectivity index (χ0v) is 21.0. The summed E-state index contributed by atoms with van der Waals surface area (Å²) in [7, 11) is -4.04. The molecule has 2 N–H and O–H groups in total. The normalized spacial score (nSPS) is 17.0. The van der Waals surface area contributed by atoms with Gasteiger partial charge in [-0.3, -0.25) is 4.79 Å². The van der Waals surface area contributed by atoms with E-state index in [9.17, 15) is 35.2 Å². The minimum absolute atomic E-state index is 0.0179. The van der Waals surface area contributed by atoms with E-state index in [2.05, 4.69) is 10.2 Å². The van der Waals surface area contributed by atoms with Gasteiger partial charge in [-0.15, -0.1) is 0 Å². The molecule has 9 nitrogen and oxygen atoms in total. The number of amides is 1. The standard InChI is InChI=1S/C20H30F2N4O3S.C2HF3O2/c21-18-5-4-17(16-19(18)22)30(28,29)26(12-3-11-24-9-1-2-10-24)13-6-20(27)25-14-7-23-8-15-25;3-2(4,5)1(6)7/h4-5,16,23H,1-3,6-15H2;(H,6,7). The van der Waals surface area contributed by atoms with E-state index in [1.54, 1.807) is 4.90 Å². The predicted molar refractivity (Wildman–Crippen MR) is 123 cm³/mol. The summed E-state index contributed by atoms with van der Waals surface area (Å²) in [6.07, 6.45) is -2.11. The first-order valence-corrected chi connectivity index (χ1v) is 13.2. The number of likely N-dealkylation sites (tertiary alicyclic amines) is 1. The van der Waals surface area contributed by atoms with E-state index in [-0.39, 0.29) is 30.3 Å². The highest BCUT2D eigenvalue weighted by molar-refractivity contribution is 7.89. The summed E-state index contributed by atoms with van der Waals surface area (Å²) in [4.78, 5) is 25.1. The van der Waals surface area contributed by atoms with Gasteiger partial charge in [-0.2, -0.15) is 17.5 Å². The third kappa shape index (κ3) is 9.79. The molecule has 0 atom stereocenters. The number of benzene rings is 1. The van der Waals surface area contributed by atoms with Gasteiger partial charge >= 0.3 is 12.1 Å². The fraction of sp³-hybridized carbons (Fsp3) is 0.636. The summed E-state index contributed by atoms with van der Waals surface area (Å²) in [6.45, 7) is 5.69. The van der Waals surface area contributed by atoms with Gasteiger partial charge in [0.25, 0.3) is 0 Å². The van der Waals surface area contributed by atoms with Gasteiger partial charge in [0, 0.05) is 45.7 Å². The molecule has 15 heteroatoms. The molecule has 2 fully saturated rings. The molecule has 0 aromatic heterocycles. The van der Waals surface area contributed by atoms with Crippen LogP contribution in [-0.4, -0.2) is 105 Å². The van der Waals surface area contributed by atoms with Gasteiger partial charge in [0.15, 0.2) is 11.6 Å². The van der Waals surface area contributed by atoms with Crippen LogP contribution >= 0.6 is 0 Å². The van der Waals surface area contributed by atoms with Crippen LogP contribution in [0.5, 0.6) is 0 Å². The van der Waals surface area contributed by atoms with Crippen molar-refractivity contribution < 1.29 is 45.1 Å². The van der Waals surface area contributed by atoms with Crippen molar-refractivity contribution in [2.45, 2.75) is 36.8 Å². The molecule has 0 unspecified atom stereocenters. The van der Waals surface area contributed by atoms with Gasteiger partial charge < -0.3 is 20.2 Å². The van der Waals surface area contributed by atoms with Crippen LogP contribution in [0.1, 0.15) is 25.7 Å². The second kappa shape index (κ2) is 14.0. The number of piperazine rings is 1. The molecular weight excluding hydrogens is 527 g/mol. The molecule has 2 aliphatic rings. The summed E-state index contributed by atoms with van der Waals surface area (Å²) in [5.41, 5.74) is 0. The first kappa shape index (κ1) is 30.9. The van der Waals surface area contributed by atoms with Crippen LogP contribution in [-0.2, 0) is 19.6 Å². The molecule has 1 amide bonds. The maximum atomic E-state index is 13.7. The van der Waals surface area contributed by atoms with E-state index in [0.29, 0.717) is 25.6 Å². The molecule has 1 aromatic rings. The van der Waals surface area contributed by atoms with Crippen LogP contribution in [0.2, 0.25) is 0 Å². The molecule has 2 aliphatic heterocycles. The van der Waals surface area contributed by atoms with E-state index < -0.39 is 33.8 Å². The monoisotopic (exact) mass is 558 g/mol. The Morgan fingerprint density at radius 3 is 2.14 bits per heavy atom. The smallest absolute Gasteiger partial charge is 0.475 e. The van der Waals surface area contributed by atoms with Gasteiger partial charge in [-0.25, -0.2) is 22.0 Å². The van der Waals surface area contributed by atoms with Crippen molar-refractivity contribution in [3.8, 4) is 0 Å². The first-order valence-electron chi connectivity index (χ1n) is 11.8. The van der Waals surface area contributed by atoms with Crippen molar-refractivity contribution >= 4 is 21.9 Å². The van der Waals surface area contributed by atoms with Crippen molar-refractivity contribution in [1.29, 1.82) is 0 Å². The predicted octanol–water partition coefficient (Wildman–Crippen LogP) is 1.90. The van der Waals surface area contributed by atoms with Crippen molar-refractivity contribution in [3.05, 3.63) is 29.8 Å². The molecular formula is C22H31F5N4O5S. The SMILES string of the molecule is O=C(CCN(CCCN1CCCC1)S(=O)(=O)c1ccc(F)c(F)c1)N1CCNCC1.O=C(O)C(F)(F)F. The molecule has 0 spiro atoms. The topological polar surface area (TPSA) is 110 Å². The lowest BCUT2D eigenvalue weighted by Crippen LogP contribution is -2.47. The highest BCUT2D eigenvalue weighted by atomic mass is 32.2. The Bertz CT molecular complexity index is 1010. The Balaban J connectivity index is 0.000000604. The number of rotatable bonds is 9. The van der Waals surface area contributed by atoms with Gasteiger partial charge in [-0.05, 0) is 57.1 Å². The number of halogens is 5. The van der Waals surface area contributed by atoms with Gasteiger partial charge in [0.2, 0.25) is 15.9 Å². The Hall–Kier alpha value is -2.36. The van der Waals surface area contributed by atoms with Gasteiger partial charge in [0.1, 0.15) is 0 Å². The van der Waals surface area contributed by atoms with Crippen molar-refractivity contribution in [1.82, 2.24) is 19.4 Å². The van der Waals surface area contributed by atoms with Crippen LogP contribution in [0.25, 0.3) is 0 Å². The van der Waals surface area contributed by atoms with Gasteiger partial charge in [0.05, 0.1) is 4.90 Å². The Morgan fingerprint density at radius 2 is 1.59 bits per heavy atom. The molecule has 0 aliphatic carbocycles. The quantitative estimate of drug-likeness (QED) is 0.446. The second-order valence-electron chi connectivity index (χ2n) is 8.57. The first-order chi connectivity index (χ1) is 17.3. The maximum Gasteiger partial charge on any atom is 0.490 e. The summed E-state index contributed by atoms with van der Waals surface area (Å²) in [5.74, 6) is -5.15. The third-order valence-electron chi connectivity index (χ3n) is 5.90. The average Bonchev–Trinajstić information content (AvgIpc) is 3.36. The van der Waals surface area contributed by atoms with Crippen molar-refractivity contribution in [2.24, 2.45) is 0 Å². The van der Waals surface area contributed by atoms with Crippen LogP contribution < -0.4 is 5.32 Å². The Morgan fingerprint density at radius 1 is 1.00 bits per heavy atom. The Kier molecular flexibility index (Phi) is 11.7. The number of carbonyl (C=O) groups excluding carboxylic acids is 1. The number of sulfonamides is 1. The number of carbonyl (C=O) groups is 2. The number of nitrogens with zero attached hydrogens (tertiary/aromatic N) is 3. The second-order valence-corrected chi connectivity index (χ2v) is 10.5. The van der Waals surface area contributed by atoms with Crippen molar-refractivity contribution in [3.63, 3.8) is 0 Å². The maximum absolute atomic E-state index is 13.7. The Labute approximate surface area is 212 Å². The molecule has 0 radical (unpaired) electrons. The zero-order valence-electron chi connectivity index (χ0n) is 20.1. The summed E-state index contributed by atoms with van der Waals surface area (Å²) < 4.78 is 86.1. The number of alkyl halides is 3. The minimum atomic E-state index is -5.08.